The quantitative estimate of drug-likeness (QED) is 0.277. The molecule has 2 amide bonds. The molecule has 0 saturated carbocycles. The van der Waals surface area contributed by atoms with E-state index in [1.807, 2.05) is 6.92 Å². The van der Waals surface area contributed by atoms with Crippen LogP contribution in [0.4, 0.5) is 0 Å². The minimum atomic E-state index is -1.10. The monoisotopic (exact) mass is 448 g/mol. The summed E-state index contributed by atoms with van der Waals surface area (Å²) in [6.07, 6.45) is 7.08. The van der Waals surface area contributed by atoms with Gasteiger partial charge in [-0.25, -0.2) is 0 Å². The molecule has 3 heterocycles. The number of hydrogen-bond donors (Lipinski definition) is 1. The molecule has 3 fully saturated rings. The van der Waals surface area contributed by atoms with E-state index in [4.69, 9.17) is 9.47 Å². The summed E-state index contributed by atoms with van der Waals surface area (Å²) in [4.78, 5) is 43.5. The highest BCUT2D eigenvalue weighted by molar-refractivity contribution is 5.98. The standard InChI is InChI=1S/C24H36N2O6/c1-5-8-9-13-25(12-6-2)21(29)19-24-11-10-23(4,32-24)18(22(30)31-16-7-3)17(24)20(28)26(19)14-15-27/h6-7,17-19,27H,2-3,5,8-16H2,1,4H3/t17-,18-,19?,23+,24?/m0/s1. The van der Waals surface area contributed by atoms with Crippen LogP contribution in [0.3, 0.4) is 0 Å². The topological polar surface area (TPSA) is 96.4 Å². The van der Waals surface area contributed by atoms with E-state index in [-0.39, 0.29) is 31.6 Å². The fraction of sp³-hybridized carbons (Fsp3) is 0.708. The molecule has 3 rings (SSSR count). The van der Waals surface area contributed by atoms with Gasteiger partial charge in [0.05, 0.1) is 18.1 Å². The molecule has 2 unspecified atom stereocenters. The summed E-state index contributed by atoms with van der Waals surface area (Å²) in [6.45, 7) is 12.0. The highest BCUT2D eigenvalue weighted by Gasteiger charge is 2.78. The van der Waals surface area contributed by atoms with Gasteiger partial charge in [-0.1, -0.05) is 38.5 Å². The van der Waals surface area contributed by atoms with Gasteiger partial charge in [0.1, 0.15) is 24.2 Å². The molecule has 1 spiro atoms. The minimum absolute atomic E-state index is 0.0128. The molecular formula is C24H36N2O6. The molecule has 3 saturated heterocycles. The SMILES string of the molecule is C=CCOC(=O)[C@@H]1[C@H]2C(=O)N(CCO)C(C(=O)N(CC=C)CCCCC)C23CC[C@@]1(C)O3. The van der Waals surface area contributed by atoms with Crippen LogP contribution >= 0.6 is 0 Å². The molecule has 1 N–H and O–H groups in total. The largest absolute Gasteiger partial charge is 0.461 e. The zero-order chi connectivity index (χ0) is 23.5. The molecule has 0 radical (unpaired) electrons. The Morgan fingerprint density at radius 2 is 2.06 bits per heavy atom. The fourth-order valence-corrected chi connectivity index (χ4v) is 5.81. The Morgan fingerprint density at radius 3 is 2.69 bits per heavy atom. The molecule has 0 aliphatic carbocycles. The van der Waals surface area contributed by atoms with Crippen LogP contribution in [0.2, 0.25) is 0 Å². The van der Waals surface area contributed by atoms with E-state index in [0.29, 0.717) is 25.9 Å². The average molecular weight is 449 g/mol. The number of likely N-dealkylation sites (tertiary alicyclic amines) is 1. The number of rotatable bonds is 12. The third-order valence-corrected chi connectivity index (χ3v) is 7.14. The molecule has 178 valence electrons. The second kappa shape index (κ2) is 9.75. The van der Waals surface area contributed by atoms with Gasteiger partial charge in [-0.2, -0.15) is 0 Å². The predicted octanol–water partition coefficient (Wildman–Crippen LogP) is 1.68. The molecule has 3 aliphatic heterocycles. The van der Waals surface area contributed by atoms with Crippen molar-refractivity contribution in [3.8, 4) is 0 Å². The van der Waals surface area contributed by atoms with E-state index in [0.717, 1.165) is 19.3 Å². The predicted molar refractivity (Wildman–Crippen MR) is 118 cm³/mol. The van der Waals surface area contributed by atoms with Gasteiger partial charge in [0.15, 0.2) is 0 Å². The summed E-state index contributed by atoms with van der Waals surface area (Å²) >= 11 is 0. The Kier molecular flexibility index (Phi) is 7.45. The maximum absolute atomic E-state index is 13.8. The van der Waals surface area contributed by atoms with E-state index < -0.39 is 35.0 Å². The first kappa shape index (κ1) is 24.5. The number of hydrogen-bond acceptors (Lipinski definition) is 6. The van der Waals surface area contributed by atoms with E-state index in [2.05, 4.69) is 20.1 Å². The number of unbranched alkanes of at least 4 members (excludes halogenated alkanes) is 2. The van der Waals surface area contributed by atoms with Crippen LogP contribution in [0.25, 0.3) is 0 Å². The van der Waals surface area contributed by atoms with Gasteiger partial charge in [0, 0.05) is 19.6 Å². The normalized spacial score (nSPS) is 32.7. The van der Waals surface area contributed by atoms with Crippen LogP contribution in [-0.2, 0) is 23.9 Å². The van der Waals surface area contributed by atoms with Crippen molar-refractivity contribution in [3.05, 3.63) is 25.3 Å². The zero-order valence-electron chi connectivity index (χ0n) is 19.3. The minimum Gasteiger partial charge on any atom is -0.461 e. The van der Waals surface area contributed by atoms with Crippen molar-refractivity contribution in [3.63, 3.8) is 0 Å². The van der Waals surface area contributed by atoms with E-state index in [9.17, 15) is 19.5 Å². The first-order valence-corrected chi connectivity index (χ1v) is 11.6. The summed E-state index contributed by atoms with van der Waals surface area (Å²) in [5.41, 5.74) is -1.96. The number of fused-ring (bicyclic) bond motifs is 1. The second-order valence-electron chi connectivity index (χ2n) is 9.18. The van der Waals surface area contributed by atoms with Gasteiger partial charge in [-0.05, 0) is 26.2 Å². The van der Waals surface area contributed by atoms with Crippen molar-refractivity contribution in [1.82, 2.24) is 9.80 Å². The number of nitrogens with zero attached hydrogens (tertiary/aromatic N) is 2. The number of carbonyl (C=O) groups excluding carboxylic acids is 3. The highest BCUT2D eigenvalue weighted by Crippen LogP contribution is 2.63. The number of aliphatic hydroxyl groups is 1. The van der Waals surface area contributed by atoms with E-state index in [1.165, 1.54) is 11.0 Å². The van der Waals surface area contributed by atoms with Crippen LogP contribution in [0, 0.1) is 11.8 Å². The van der Waals surface area contributed by atoms with Crippen molar-refractivity contribution in [2.75, 3.05) is 32.8 Å². The molecule has 5 atom stereocenters. The first-order valence-electron chi connectivity index (χ1n) is 11.6. The number of amides is 2. The number of esters is 1. The number of aliphatic hydroxyl groups excluding tert-OH is 1. The van der Waals surface area contributed by atoms with Crippen molar-refractivity contribution < 1.29 is 29.0 Å². The van der Waals surface area contributed by atoms with Crippen LogP contribution in [0.1, 0.15) is 46.0 Å². The molecule has 0 aromatic rings. The highest BCUT2D eigenvalue weighted by atomic mass is 16.6. The molecule has 3 aliphatic rings. The molecule has 8 heteroatoms. The Labute approximate surface area is 190 Å². The zero-order valence-corrected chi connectivity index (χ0v) is 19.3. The third-order valence-electron chi connectivity index (χ3n) is 7.14. The van der Waals surface area contributed by atoms with Gasteiger partial charge in [-0.15, -0.1) is 6.58 Å². The Hall–Kier alpha value is -2.19. The lowest BCUT2D eigenvalue weighted by molar-refractivity contribution is -0.159. The second-order valence-corrected chi connectivity index (χ2v) is 9.18. The lowest BCUT2D eigenvalue weighted by atomic mass is 9.66. The fourth-order valence-electron chi connectivity index (χ4n) is 5.81. The summed E-state index contributed by atoms with van der Waals surface area (Å²) in [7, 11) is 0. The molecule has 32 heavy (non-hydrogen) atoms. The molecule has 0 aromatic carbocycles. The van der Waals surface area contributed by atoms with E-state index in [1.54, 1.807) is 11.0 Å². The lowest BCUT2D eigenvalue weighted by Crippen LogP contribution is -2.56. The molecular weight excluding hydrogens is 412 g/mol. The van der Waals surface area contributed by atoms with Crippen LogP contribution in [0.15, 0.2) is 25.3 Å². The average Bonchev–Trinajstić information content (AvgIpc) is 3.32. The first-order chi connectivity index (χ1) is 15.3. The van der Waals surface area contributed by atoms with Gasteiger partial charge in [0.2, 0.25) is 11.8 Å². The molecule has 0 aromatic heterocycles. The summed E-state index contributed by atoms with van der Waals surface area (Å²) in [5.74, 6) is -2.64. The smallest absolute Gasteiger partial charge is 0.313 e. The Balaban J connectivity index is 1.98. The van der Waals surface area contributed by atoms with Crippen molar-refractivity contribution in [2.45, 2.75) is 63.2 Å². The molecule has 8 nitrogen and oxygen atoms in total. The number of carbonyl (C=O) groups is 3. The Bertz CT molecular complexity index is 770. The lowest BCUT2D eigenvalue weighted by Gasteiger charge is -2.36. The van der Waals surface area contributed by atoms with Gasteiger partial charge >= 0.3 is 5.97 Å². The van der Waals surface area contributed by atoms with Crippen molar-refractivity contribution >= 4 is 17.8 Å². The van der Waals surface area contributed by atoms with Gasteiger partial charge in [0.25, 0.3) is 0 Å². The van der Waals surface area contributed by atoms with Crippen LogP contribution in [-0.4, -0.2) is 82.8 Å². The summed E-state index contributed by atoms with van der Waals surface area (Å²) < 4.78 is 11.8. The van der Waals surface area contributed by atoms with Crippen LogP contribution in [0.5, 0.6) is 0 Å². The third kappa shape index (κ3) is 3.88. The maximum Gasteiger partial charge on any atom is 0.313 e. The summed E-state index contributed by atoms with van der Waals surface area (Å²) in [6, 6.07) is -0.882. The summed E-state index contributed by atoms with van der Waals surface area (Å²) in [5, 5.41) is 9.65. The number of β-amino-alcohol motifs (C(OH)–C–C–N with tert-alkyl or cyclic N) is 1. The van der Waals surface area contributed by atoms with Gasteiger partial charge < -0.3 is 24.4 Å². The van der Waals surface area contributed by atoms with E-state index >= 15 is 0 Å². The Morgan fingerprint density at radius 1 is 1.31 bits per heavy atom. The molecule has 2 bridgehead atoms. The van der Waals surface area contributed by atoms with Gasteiger partial charge in [-0.3, -0.25) is 14.4 Å². The van der Waals surface area contributed by atoms with Crippen molar-refractivity contribution in [2.24, 2.45) is 11.8 Å². The number of ether oxygens (including phenoxy) is 2. The van der Waals surface area contributed by atoms with Crippen LogP contribution < -0.4 is 0 Å². The maximum atomic E-state index is 13.8. The van der Waals surface area contributed by atoms with Crippen molar-refractivity contribution in [1.29, 1.82) is 0 Å².